The molecular weight excluding hydrogens is 438 g/mol. The van der Waals surface area contributed by atoms with E-state index >= 15 is 0 Å². The van der Waals surface area contributed by atoms with Crippen molar-refractivity contribution in [1.29, 1.82) is 0 Å². The van der Waals surface area contributed by atoms with Crippen LogP contribution in [-0.4, -0.2) is 33.7 Å². The van der Waals surface area contributed by atoms with E-state index in [9.17, 15) is 19.5 Å². The summed E-state index contributed by atoms with van der Waals surface area (Å²) in [4.78, 5) is 37.8. The van der Waals surface area contributed by atoms with Gasteiger partial charge in [-0.25, -0.2) is 4.79 Å². The molecule has 0 unspecified atom stereocenters. The van der Waals surface area contributed by atoms with Crippen LogP contribution in [0.3, 0.4) is 0 Å². The van der Waals surface area contributed by atoms with Crippen LogP contribution < -0.4 is 0 Å². The molecule has 1 aromatic heterocycles. The Morgan fingerprint density at radius 1 is 1.10 bits per heavy atom. The Bertz CT molecular complexity index is 1200. The average Bonchev–Trinajstić information content (AvgIpc) is 3.32. The Morgan fingerprint density at radius 2 is 1.87 bits per heavy atom. The largest absolute Gasteiger partial charge is 0.478 e. The SMILES string of the molecule is O=C(O)c1cc(-c2ccc(/C=C3\SC(=O)N(CCc4ccccc4)C3=O)o2)ccc1Cl. The molecule has 31 heavy (non-hydrogen) atoms. The van der Waals surface area contributed by atoms with Crippen molar-refractivity contribution < 1.29 is 23.9 Å². The minimum absolute atomic E-state index is 0.0309. The van der Waals surface area contributed by atoms with Gasteiger partial charge in [0.2, 0.25) is 0 Å². The normalized spacial score (nSPS) is 15.1. The lowest BCUT2D eigenvalue weighted by atomic mass is 10.1. The molecule has 1 saturated heterocycles. The highest BCUT2D eigenvalue weighted by molar-refractivity contribution is 8.18. The van der Waals surface area contributed by atoms with E-state index in [0.717, 1.165) is 17.3 Å². The van der Waals surface area contributed by atoms with Crippen LogP contribution in [-0.2, 0) is 11.2 Å². The summed E-state index contributed by atoms with van der Waals surface area (Å²) in [5.74, 6) is -0.685. The third kappa shape index (κ3) is 4.57. The van der Waals surface area contributed by atoms with Crippen LogP contribution in [0.15, 0.2) is 70.0 Å². The lowest BCUT2D eigenvalue weighted by Crippen LogP contribution is -2.30. The first-order chi connectivity index (χ1) is 14.9. The van der Waals surface area contributed by atoms with E-state index in [4.69, 9.17) is 16.0 Å². The van der Waals surface area contributed by atoms with Crippen LogP contribution in [0.1, 0.15) is 21.7 Å². The smallest absolute Gasteiger partial charge is 0.337 e. The quantitative estimate of drug-likeness (QED) is 0.490. The average molecular weight is 454 g/mol. The van der Waals surface area contributed by atoms with Crippen LogP contribution in [0.4, 0.5) is 4.79 Å². The van der Waals surface area contributed by atoms with E-state index in [1.54, 1.807) is 18.2 Å². The van der Waals surface area contributed by atoms with E-state index in [2.05, 4.69) is 0 Å². The second-order valence-corrected chi connectivity index (χ2v) is 8.17. The summed E-state index contributed by atoms with van der Waals surface area (Å²) in [6, 6.07) is 17.5. The molecule has 1 N–H and O–H groups in total. The van der Waals surface area contributed by atoms with E-state index < -0.39 is 5.97 Å². The molecule has 6 nitrogen and oxygen atoms in total. The molecule has 156 valence electrons. The van der Waals surface area contributed by atoms with E-state index in [0.29, 0.717) is 30.0 Å². The summed E-state index contributed by atoms with van der Waals surface area (Å²) in [5, 5.41) is 9.04. The number of carbonyl (C=O) groups excluding carboxylic acids is 2. The zero-order chi connectivity index (χ0) is 22.0. The number of rotatable bonds is 6. The second kappa shape index (κ2) is 8.83. The first-order valence-electron chi connectivity index (χ1n) is 9.35. The summed E-state index contributed by atoms with van der Waals surface area (Å²) < 4.78 is 5.75. The van der Waals surface area contributed by atoms with Gasteiger partial charge in [0.05, 0.1) is 15.5 Å². The molecule has 1 fully saturated rings. The van der Waals surface area contributed by atoms with Gasteiger partial charge in [0.25, 0.3) is 11.1 Å². The first kappa shape index (κ1) is 21.0. The molecule has 0 bridgehead atoms. The molecule has 2 amide bonds. The number of hydrogen-bond acceptors (Lipinski definition) is 5. The fraction of sp³-hybridized carbons (Fsp3) is 0.0870. The Balaban J connectivity index is 1.50. The molecule has 0 atom stereocenters. The predicted molar refractivity (Wildman–Crippen MR) is 119 cm³/mol. The summed E-state index contributed by atoms with van der Waals surface area (Å²) in [6.07, 6.45) is 2.10. The van der Waals surface area contributed by atoms with Crippen molar-refractivity contribution >= 4 is 46.6 Å². The molecule has 4 rings (SSSR count). The molecular formula is C23H16ClNO5S. The van der Waals surface area contributed by atoms with Crippen molar-refractivity contribution in [2.24, 2.45) is 0 Å². The zero-order valence-corrected chi connectivity index (χ0v) is 17.7. The van der Waals surface area contributed by atoms with Crippen LogP contribution in [0.25, 0.3) is 17.4 Å². The highest BCUT2D eigenvalue weighted by Crippen LogP contribution is 2.34. The van der Waals surface area contributed by atoms with Crippen molar-refractivity contribution in [3.8, 4) is 11.3 Å². The lowest BCUT2D eigenvalue weighted by Gasteiger charge is -2.11. The Hall–Kier alpha value is -3.29. The molecule has 2 heterocycles. The molecule has 0 aliphatic carbocycles. The van der Waals surface area contributed by atoms with Gasteiger partial charge < -0.3 is 9.52 Å². The number of benzene rings is 2. The van der Waals surface area contributed by atoms with Gasteiger partial charge in [-0.3, -0.25) is 14.5 Å². The molecule has 3 aromatic rings. The van der Waals surface area contributed by atoms with E-state index in [-0.39, 0.29) is 26.6 Å². The monoisotopic (exact) mass is 453 g/mol. The van der Waals surface area contributed by atoms with Crippen molar-refractivity contribution in [3.05, 3.63) is 87.5 Å². The Labute approximate surface area is 187 Å². The van der Waals surface area contributed by atoms with Crippen molar-refractivity contribution in [1.82, 2.24) is 4.90 Å². The zero-order valence-electron chi connectivity index (χ0n) is 16.1. The third-order valence-corrected chi connectivity index (χ3v) is 5.96. The van der Waals surface area contributed by atoms with Crippen LogP contribution >= 0.6 is 23.4 Å². The minimum atomic E-state index is -1.14. The second-order valence-electron chi connectivity index (χ2n) is 6.77. The number of carbonyl (C=O) groups is 3. The molecule has 2 aromatic carbocycles. The van der Waals surface area contributed by atoms with E-state index in [1.807, 2.05) is 30.3 Å². The van der Waals surface area contributed by atoms with Gasteiger partial charge >= 0.3 is 5.97 Å². The number of imide groups is 1. The maximum absolute atomic E-state index is 12.7. The number of aromatic carboxylic acids is 1. The molecule has 0 radical (unpaired) electrons. The van der Waals surface area contributed by atoms with Crippen LogP contribution in [0, 0.1) is 0 Å². The number of amides is 2. The lowest BCUT2D eigenvalue weighted by molar-refractivity contribution is -0.122. The van der Waals surface area contributed by atoms with Crippen molar-refractivity contribution in [3.63, 3.8) is 0 Å². The molecule has 1 aliphatic heterocycles. The van der Waals surface area contributed by atoms with Gasteiger partial charge in [-0.05, 0) is 54.1 Å². The van der Waals surface area contributed by atoms with Gasteiger partial charge in [0.15, 0.2) is 0 Å². The van der Waals surface area contributed by atoms with Crippen LogP contribution in [0.5, 0.6) is 0 Å². The highest BCUT2D eigenvalue weighted by atomic mass is 35.5. The minimum Gasteiger partial charge on any atom is -0.478 e. The summed E-state index contributed by atoms with van der Waals surface area (Å²) in [5.41, 5.74) is 1.55. The van der Waals surface area contributed by atoms with Gasteiger partial charge in [-0.15, -0.1) is 0 Å². The topological polar surface area (TPSA) is 87.8 Å². The number of halogens is 1. The Morgan fingerprint density at radius 3 is 2.61 bits per heavy atom. The summed E-state index contributed by atoms with van der Waals surface area (Å²) in [7, 11) is 0. The number of furan rings is 1. The van der Waals surface area contributed by atoms with Gasteiger partial charge in [-0.2, -0.15) is 0 Å². The Kier molecular flexibility index (Phi) is 5.97. The van der Waals surface area contributed by atoms with Crippen molar-refractivity contribution in [2.45, 2.75) is 6.42 Å². The molecule has 8 heteroatoms. The van der Waals surface area contributed by atoms with Gasteiger partial charge in [0, 0.05) is 18.2 Å². The summed E-state index contributed by atoms with van der Waals surface area (Å²) in [6.45, 7) is 0.304. The summed E-state index contributed by atoms with van der Waals surface area (Å²) >= 11 is 6.78. The molecule has 0 spiro atoms. The maximum atomic E-state index is 12.7. The number of hydrogen-bond donors (Lipinski definition) is 1. The van der Waals surface area contributed by atoms with E-state index in [1.165, 1.54) is 23.1 Å². The van der Waals surface area contributed by atoms with Gasteiger partial charge in [-0.1, -0.05) is 41.9 Å². The molecule has 0 saturated carbocycles. The third-order valence-electron chi connectivity index (χ3n) is 4.72. The fourth-order valence-electron chi connectivity index (χ4n) is 3.14. The molecule has 1 aliphatic rings. The maximum Gasteiger partial charge on any atom is 0.337 e. The first-order valence-corrected chi connectivity index (χ1v) is 10.5. The number of thioether (sulfide) groups is 1. The standard InChI is InChI=1S/C23H16ClNO5S/c24-18-8-6-15(12-17(18)22(27)28)19-9-7-16(30-19)13-20-21(26)25(23(29)31-20)11-10-14-4-2-1-3-5-14/h1-9,12-13H,10-11H2,(H,27,28)/b20-13-. The van der Waals surface area contributed by atoms with Gasteiger partial charge in [0.1, 0.15) is 11.5 Å². The van der Waals surface area contributed by atoms with Crippen LogP contribution in [0.2, 0.25) is 5.02 Å². The van der Waals surface area contributed by atoms with Crippen molar-refractivity contribution in [2.75, 3.05) is 6.54 Å². The number of nitrogens with zero attached hydrogens (tertiary/aromatic N) is 1. The number of carboxylic acid groups (broad SMARTS) is 1. The predicted octanol–water partition coefficient (Wildman–Crippen LogP) is 5.58. The fourth-order valence-corrected chi connectivity index (χ4v) is 4.18. The highest BCUT2D eigenvalue weighted by Gasteiger charge is 2.34. The number of carboxylic acids is 1.